The molecule has 0 saturated heterocycles. The van der Waals surface area contributed by atoms with Crippen LogP contribution in [0.2, 0.25) is 0 Å². The Morgan fingerprint density at radius 1 is 1.19 bits per heavy atom. The second kappa shape index (κ2) is 9.21. The lowest BCUT2D eigenvalue weighted by Gasteiger charge is -2.22. The van der Waals surface area contributed by atoms with Crippen LogP contribution in [0, 0.1) is 5.92 Å². The highest BCUT2D eigenvalue weighted by atomic mass is 19.4. The maximum atomic E-state index is 13.0. The summed E-state index contributed by atoms with van der Waals surface area (Å²) in [4.78, 5) is 24.4. The summed E-state index contributed by atoms with van der Waals surface area (Å²) >= 11 is 0. The first-order valence-electron chi connectivity index (χ1n) is 9.20. The van der Waals surface area contributed by atoms with E-state index >= 15 is 0 Å². The van der Waals surface area contributed by atoms with Crippen molar-refractivity contribution in [3.05, 3.63) is 29.3 Å². The summed E-state index contributed by atoms with van der Waals surface area (Å²) in [6.45, 7) is 1.42. The molecule has 0 radical (unpaired) electrons. The van der Waals surface area contributed by atoms with Gasteiger partial charge in [-0.15, -0.1) is 0 Å². The number of rotatable bonds is 6. The third-order valence-electron chi connectivity index (χ3n) is 4.79. The highest BCUT2D eigenvalue weighted by molar-refractivity contribution is 5.97. The number of halogens is 3. The Bertz CT molecular complexity index is 671. The third-order valence-corrected chi connectivity index (χ3v) is 4.79. The van der Waals surface area contributed by atoms with Crippen LogP contribution in [-0.4, -0.2) is 17.9 Å². The highest BCUT2D eigenvalue weighted by Crippen LogP contribution is 2.32. The number of anilines is 1. The quantitative estimate of drug-likeness (QED) is 0.700. The molecule has 0 heterocycles. The van der Waals surface area contributed by atoms with Crippen LogP contribution in [0.5, 0.6) is 0 Å². The standard InChI is InChI=1S/C19H26F3N3O2/c1-12(24-17(26)9-13-5-3-2-4-6-13)18(27)25-16-8-14(11-23)7-15(10-16)19(20,21)22/h7-8,10,12-13H,2-6,9,11,23H2,1H3,(H,24,26)(H,25,27). The summed E-state index contributed by atoms with van der Waals surface area (Å²) < 4.78 is 38.9. The van der Waals surface area contributed by atoms with Crippen molar-refractivity contribution >= 4 is 17.5 Å². The van der Waals surface area contributed by atoms with Gasteiger partial charge in [-0.3, -0.25) is 9.59 Å². The predicted molar refractivity (Wildman–Crippen MR) is 96.8 cm³/mol. The van der Waals surface area contributed by atoms with E-state index in [0.717, 1.165) is 37.8 Å². The molecule has 1 fully saturated rings. The van der Waals surface area contributed by atoms with Gasteiger partial charge in [0.25, 0.3) is 0 Å². The van der Waals surface area contributed by atoms with Gasteiger partial charge in [0, 0.05) is 18.7 Å². The van der Waals surface area contributed by atoms with Crippen molar-refractivity contribution in [1.82, 2.24) is 5.32 Å². The molecule has 27 heavy (non-hydrogen) atoms. The second-order valence-electron chi connectivity index (χ2n) is 7.11. The molecule has 1 saturated carbocycles. The zero-order valence-corrected chi connectivity index (χ0v) is 15.4. The molecule has 2 rings (SSSR count). The van der Waals surface area contributed by atoms with Crippen LogP contribution in [0.1, 0.15) is 56.6 Å². The number of alkyl halides is 3. The fourth-order valence-corrected chi connectivity index (χ4v) is 3.32. The van der Waals surface area contributed by atoms with E-state index in [2.05, 4.69) is 10.6 Å². The van der Waals surface area contributed by atoms with Gasteiger partial charge < -0.3 is 16.4 Å². The van der Waals surface area contributed by atoms with Gasteiger partial charge in [0.15, 0.2) is 0 Å². The van der Waals surface area contributed by atoms with Gasteiger partial charge in [-0.05, 0) is 49.4 Å². The molecule has 1 unspecified atom stereocenters. The molecule has 1 aliphatic carbocycles. The number of nitrogens with two attached hydrogens (primary N) is 1. The van der Waals surface area contributed by atoms with Crippen molar-refractivity contribution in [3.8, 4) is 0 Å². The Balaban J connectivity index is 1.96. The fraction of sp³-hybridized carbons (Fsp3) is 0.579. The zero-order chi connectivity index (χ0) is 20.0. The Morgan fingerprint density at radius 3 is 2.44 bits per heavy atom. The lowest BCUT2D eigenvalue weighted by atomic mass is 9.87. The minimum atomic E-state index is -4.54. The number of benzene rings is 1. The molecule has 150 valence electrons. The number of amides is 2. The van der Waals surface area contributed by atoms with E-state index in [-0.39, 0.29) is 23.7 Å². The van der Waals surface area contributed by atoms with Crippen LogP contribution in [0.4, 0.5) is 18.9 Å². The summed E-state index contributed by atoms with van der Waals surface area (Å²) in [6.07, 6.45) is 1.29. The molecule has 2 amide bonds. The molecule has 1 aliphatic rings. The van der Waals surface area contributed by atoms with Gasteiger partial charge in [0.05, 0.1) is 5.56 Å². The normalized spacial score (nSPS) is 16.6. The Morgan fingerprint density at radius 2 is 1.85 bits per heavy atom. The van der Waals surface area contributed by atoms with Crippen molar-refractivity contribution in [2.24, 2.45) is 11.7 Å². The minimum absolute atomic E-state index is 0.00338. The molecule has 1 aromatic rings. The van der Waals surface area contributed by atoms with Gasteiger partial charge >= 0.3 is 6.18 Å². The molecule has 0 aromatic heterocycles. The van der Waals surface area contributed by atoms with Gasteiger partial charge in [-0.2, -0.15) is 13.2 Å². The maximum absolute atomic E-state index is 13.0. The van der Waals surface area contributed by atoms with Crippen LogP contribution >= 0.6 is 0 Å². The topological polar surface area (TPSA) is 84.2 Å². The summed E-state index contributed by atoms with van der Waals surface area (Å²) in [6, 6.07) is 2.35. The van der Waals surface area contributed by atoms with Gasteiger partial charge in [0.2, 0.25) is 11.8 Å². The first kappa shape index (κ1) is 21.2. The SMILES string of the molecule is CC(NC(=O)CC1CCCCC1)C(=O)Nc1cc(CN)cc(C(F)(F)F)c1. The third kappa shape index (κ3) is 6.53. The van der Waals surface area contributed by atoms with Gasteiger partial charge in [-0.25, -0.2) is 0 Å². The van der Waals surface area contributed by atoms with Crippen LogP contribution in [0.15, 0.2) is 18.2 Å². The van der Waals surface area contributed by atoms with Crippen LogP contribution < -0.4 is 16.4 Å². The fourth-order valence-electron chi connectivity index (χ4n) is 3.32. The molecule has 0 aliphatic heterocycles. The van der Waals surface area contributed by atoms with Gasteiger partial charge in [0.1, 0.15) is 6.04 Å². The largest absolute Gasteiger partial charge is 0.416 e. The zero-order valence-electron chi connectivity index (χ0n) is 15.4. The summed E-state index contributed by atoms with van der Waals surface area (Å²) in [7, 11) is 0. The summed E-state index contributed by atoms with van der Waals surface area (Å²) in [5, 5.41) is 5.05. The second-order valence-corrected chi connectivity index (χ2v) is 7.11. The lowest BCUT2D eigenvalue weighted by Crippen LogP contribution is -2.42. The van der Waals surface area contributed by atoms with E-state index in [1.807, 2.05) is 0 Å². The Hall–Kier alpha value is -2.09. The number of nitrogens with one attached hydrogen (secondary N) is 2. The van der Waals surface area contributed by atoms with Crippen molar-refractivity contribution in [2.75, 3.05) is 5.32 Å². The molecule has 0 spiro atoms. The summed E-state index contributed by atoms with van der Waals surface area (Å²) in [5.41, 5.74) is 4.82. The molecule has 5 nitrogen and oxygen atoms in total. The predicted octanol–water partition coefficient (Wildman–Crippen LogP) is 3.58. The van der Waals surface area contributed by atoms with E-state index in [1.54, 1.807) is 0 Å². The molecule has 1 aromatic carbocycles. The van der Waals surface area contributed by atoms with Crippen LogP contribution in [-0.2, 0) is 22.3 Å². The molecule has 8 heteroatoms. The number of carbonyl (C=O) groups excluding carboxylic acids is 2. The number of hydrogen-bond acceptors (Lipinski definition) is 3. The Labute approximate surface area is 156 Å². The monoisotopic (exact) mass is 385 g/mol. The average Bonchev–Trinajstić information content (AvgIpc) is 2.61. The van der Waals surface area contributed by atoms with Crippen molar-refractivity contribution in [2.45, 2.75) is 64.2 Å². The minimum Gasteiger partial charge on any atom is -0.345 e. The van der Waals surface area contributed by atoms with E-state index in [1.165, 1.54) is 19.4 Å². The van der Waals surface area contributed by atoms with E-state index in [4.69, 9.17) is 5.73 Å². The molecular weight excluding hydrogens is 359 g/mol. The molecule has 1 atom stereocenters. The van der Waals surface area contributed by atoms with Crippen molar-refractivity contribution < 1.29 is 22.8 Å². The molecule has 0 bridgehead atoms. The molecular formula is C19H26F3N3O2. The van der Waals surface area contributed by atoms with Crippen LogP contribution in [0.25, 0.3) is 0 Å². The number of hydrogen-bond donors (Lipinski definition) is 3. The first-order chi connectivity index (χ1) is 12.7. The first-order valence-corrected chi connectivity index (χ1v) is 9.20. The maximum Gasteiger partial charge on any atom is 0.416 e. The smallest absolute Gasteiger partial charge is 0.345 e. The average molecular weight is 385 g/mol. The van der Waals surface area contributed by atoms with E-state index < -0.39 is 23.7 Å². The Kier molecular flexibility index (Phi) is 7.24. The summed E-state index contributed by atoms with van der Waals surface area (Å²) in [5.74, 6) is -0.449. The van der Waals surface area contributed by atoms with Crippen molar-refractivity contribution in [3.63, 3.8) is 0 Å². The highest BCUT2D eigenvalue weighted by Gasteiger charge is 2.31. The molecule has 4 N–H and O–H groups in total. The van der Waals surface area contributed by atoms with Gasteiger partial charge in [-0.1, -0.05) is 19.3 Å². The van der Waals surface area contributed by atoms with E-state index in [0.29, 0.717) is 12.3 Å². The van der Waals surface area contributed by atoms with Crippen molar-refractivity contribution in [1.29, 1.82) is 0 Å². The lowest BCUT2D eigenvalue weighted by molar-refractivity contribution is -0.137. The van der Waals surface area contributed by atoms with E-state index in [9.17, 15) is 22.8 Å². The van der Waals surface area contributed by atoms with Crippen LogP contribution in [0.3, 0.4) is 0 Å². The number of carbonyl (C=O) groups is 2.